The van der Waals surface area contributed by atoms with Gasteiger partial charge in [0.15, 0.2) is 0 Å². The number of hydrogen-bond acceptors (Lipinski definition) is 4. The molecule has 2 aromatic rings. The first-order valence-electron chi connectivity index (χ1n) is 8.95. The number of hydrogen-bond donors (Lipinski definition) is 2. The van der Waals surface area contributed by atoms with Crippen molar-refractivity contribution >= 4 is 29.6 Å². The summed E-state index contributed by atoms with van der Waals surface area (Å²) in [5.41, 5.74) is 5.84. The maximum Gasteiger partial charge on any atom is 0.329 e. The van der Waals surface area contributed by atoms with Gasteiger partial charge in [0.05, 0.1) is 18.3 Å². The number of amides is 2. The molecule has 28 heavy (non-hydrogen) atoms. The molecule has 0 spiro atoms. The monoisotopic (exact) mass is 404 g/mol. The highest BCUT2D eigenvalue weighted by Gasteiger charge is 2.15. The molecule has 1 heterocycles. The van der Waals surface area contributed by atoms with E-state index < -0.39 is 11.8 Å². The summed E-state index contributed by atoms with van der Waals surface area (Å²) in [6, 6.07) is 7.40. The SMILES string of the molecule is CC[C@H](C)NC(=O)C(=O)N/N=C\c1cc(C)n(-c2ccc(OC)c(Cl)c2)c1C. The van der Waals surface area contributed by atoms with E-state index in [1.165, 1.54) is 6.21 Å². The highest BCUT2D eigenvalue weighted by Crippen LogP contribution is 2.28. The summed E-state index contributed by atoms with van der Waals surface area (Å²) in [7, 11) is 1.57. The molecule has 7 nitrogen and oxygen atoms in total. The second kappa shape index (κ2) is 9.41. The van der Waals surface area contributed by atoms with Gasteiger partial charge in [-0.1, -0.05) is 18.5 Å². The summed E-state index contributed by atoms with van der Waals surface area (Å²) in [5, 5.41) is 7.01. The van der Waals surface area contributed by atoms with E-state index in [9.17, 15) is 9.59 Å². The Bertz CT molecular complexity index is 905. The van der Waals surface area contributed by atoms with Crippen LogP contribution in [0.1, 0.15) is 37.2 Å². The summed E-state index contributed by atoms with van der Waals surface area (Å²) in [4.78, 5) is 23.5. The predicted octanol–water partition coefficient (Wildman–Crippen LogP) is 3.12. The average Bonchev–Trinajstić information content (AvgIpc) is 2.94. The fourth-order valence-electron chi connectivity index (χ4n) is 2.71. The van der Waals surface area contributed by atoms with Crippen molar-refractivity contribution in [1.29, 1.82) is 0 Å². The normalized spacial score (nSPS) is 12.1. The van der Waals surface area contributed by atoms with Crippen molar-refractivity contribution in [3.63, 3.8) is 0 Å². The van der Waals surface area contributed by atoms with Gasteiger partial charge in [0.25, 0.3) is 0 Å². The number of aryl methyl sites for hydroxylation is 1. The highest BCUT2D eigenvalue weighted by molar-refractivity contribution is 6.35. The quantitative estimate of drug-likeness (QED) is 0.440. The Morgan fingerprint density at radius 3 is 2.61 bits per heavy atom. The minimum absolute atomic E-state index is 0.0718. The smallest absolute Gasteiger partial charge is 0.329 e. The summed E-state index contributed by atoms with van der Waals surface area (Å²) in [6.07, 6.45) is 2.25. The molecule has 0 unspecified atom stereocenters. The molecule has 0 saturated carbocycles. The van der Waals surface area contributed by atoms with Crippen LogP contribution in [-0.4, -0.2) is 35.7 Å². The Morgan fingerprint density at radius 1 is 1.29 bits per heavy atom. The molecule has 2 N–H and O–H groups in total. The minimum Gasteiger partial charge on any atom is -0.495 e. The molecule has 0 aliphatic carbocycles. The number of halogens is 1. The molecular formula is C20H25ClN4O3. The van der Waals surface area contributed by atoms with E-state index in [0.29, 0.717) is 10.8 Å². The third-order valence-corrected chi connectivity index (χ3v) is 4.73. The van der Waals surface area contributed by atoms with Gasteiger partial charge in [-0.05, 0) is 51.5 Å². The lowest BCUT2D eigenvalue weighted by Gasteiger charge is -2.11. The van der Waals surface area contributed by atoms with Crippen LogP contribution in [0.4, 0.5) is 0 Å². The van der Waals surface area contributed by atoms with Gasteiger partial charge in [0.1, 0.15) is 5.75 Å². The van der Waals surface area contributed by atoms with Crippen LogP contribution < -0.4 is 15.5 Å². The Morgan fingerprint density at radius 2 is 2.00 bits per heavy atom. The zero-order valence-electron chi connectivity index (χ0n) is 16.7. The van der Waals surface area contributed by atoms with Crippen LogP contribution in [0.25, 0.3) is 5.69 Å². The van der Waals surface area contributed by atoms with Crippen LogP contribution in [0.5, 0.6) is 5.75 Å². The van der Waals surface area contributed by atoms with E-state index in [1.807, 2.05) is 50.5 Å². The van der Waals surface area contributed by atoms with Crippen molar-refractivity contribution < 1.29 is 14.3 Å². The highest BCUT2D eigenvalue weighted by atomic mass is 35.5. The van der Waals surface area contributed by atoms with E-state index in [0.717, 1.165) is 29.1 Å². The molecule has 0 fully saturated rings. The molecular weight excluding hydrogens is 380 g/mol. The number of hydrazone groups is 1. The fraction of sp³-hybridized carbons (Fsp3) is 0.350. The molecule has 2 rings (SSSR count). The minimum atomic E-state index is -0.799. The Hall–Kier alpha value is -2.80. The largest absolute Gasteiger partial charge is 0.495 e. The maximum absolute atomic E-state index is 11.8. The number of carbonyl (C=O) groups is 2. The van der Waals surface area contributed by atoms with E-state index >= 15 is 0 Å². The maximum atomic E-state index is 11.8. The van der Waals surface area contributed by atoms with Crippen LogP contribution >= 0.6 is 11.6 Å². The van der Waals surface area contributed by atoms with Crippen molar-refractivity contribution in [1.82, 2.24) is 15.3 Å². The van der Waals surface area contributed by atoms with Gasteiger partial charge in [-0.3, -0.25) is 9.59 Å². The fourth-order valence-corrected chi connectivity index (χ4v) is 2.96. The summed E-state index contributed by atoms with van der Waals surface area (Å²) >= 11 is 6.24. The van der Waals surface area contributed by atoms with Gasteiger partial charge >= 0.3 is 11.8 Å². The topological polar surface area (TPSA) is 84.7 Å². The van der Waals surface area contributed by atoms with Crippen LogP contribution in [0, 0.1) is 13.8 Å². The molecule has 0 aliphatic rings. The molecule has 2 amide bonds. The molecule has 1 aromatic heterocycles. The third-order valence-electron chi connectivity index (χ3n) is 4.43. The number of nitrogens with zero attached hydrogens (tertiary/aromatic N) is 2. The van der Waals surface area contributed by atoms with Crippen LogP contribution in [0.2, 0.25) is 5.02 Å². The summed E-state index contributed by atoms with van der Waals surface area (Å²) in [5.74, 6) is -0.898. The van der Waals surface area contributed by atoms with Crippen molar-refractivity contribution in [2.75, 3.05) is 7.11 Å². The molecule has 0 bridgehead atoms. The second-order valence-corrected chi connectivity index (χ2v) is 6.87. The number of carbonyl (C=O) groups excluding carboxylic acids is 2. The summed E-state index contributed by atoms with van der Waals surface area (Å²) < 4.78 is 7.21. The lowest BCUT2D eigenvalue weighted by Crippen LogP contribution is -2.41. The van der Waals surface area contributed by atoms with Crippen LogP contribution in [-0.2, 0) is 9.59 Å². The van der Waals surface area contributed by atoms with Crippen molar-refractivity contribution in [3.8, 4) is 11.4 Å². The second-order valence-electron chi connectivity index (χ2n) is 6.46. The standard InChI is InChI=1S/C20H25ClN4O3/c1-6-12(2)23-19(26)20(27)24-22-11-15-9-13(3)25(14(15)4)16-7-8-18(28-5)17(21)10-16/h7-12H,6H2,1-5H3,(H,23,26)(H,24,27)/b22-11-/t12-/m0/s1. The Labute approximate surface area is 169 Å². The van der Waals surface area contributed by atoms with Crippen LogP contribution in [0.3, 0.4) is 0 Å². The van der Waals surface area contributed by atoms with Gasteiger partial charge < -0.3 is 14.6 Å². The van der Waals surface area contributed by atoms with Gasteiger partial charge in [0, 0.05) is 28.7 Å². The molecule has 0 saturated heterocycles. The number of nitrogens with one attached hydrogen (secondary N) is 2. The zero-order chi connectivity index (χ0) is 20.8. The first kappa shape index (κ1) is 21.5. The van der Waals surface area contributed by atoms with E-state index in [2.05, 4.69) is 15.8 Å². The van der Waals surface area contributed by atoms with Gasteiger partial charge in [0.2, 0.25) is 0 Å². The van der Waals surface area contributed by atoms with Crippen molar-refractivity contribution in [3.05, 3.63) is 46.2 Å². The predicted molar refractivity (Wildman–Crippen MR) is 110 cm³/mol. The summed E-state index contributed by atoms with van der Waals surface area (Å²) in [6.45, 7) is 7.64. The van der Waals surface area contributed by atoms with E-state index in [-0.39, 0.29) is 6.04 Å². The van der Waals surface area contributed by atoms with Crippen molar-refractivity contribution in [2.24, 2.45) is 5.10 Å². The Kier molecular flexibility index (Phi) is 7.23. The molecule has 1 atom stereocenters. The van der Waals surface area contributed by atoms with E-state index in [1.54, 1.807) is 13.2 Å². The van der Waals surface area contributed by atoms with Crippen molar-refractivity contribution in [2.45, 2.75) is 40.2 Å². The molecule has 150 valence electrons. The number of benzene rings is 1. The van der Waals surface area contributed by atoms with Gasteiger partial charge in [-0.25, -0.2) is 5.43 Å². The number of rotatable bonds is 6. The number of methoxy groups -OCH3 is 1. The molecule has 8 heteroatoms. The molecule has 0 aliphatic heterocycles. The lowest BCUT2D eigenvalue weighted by atomic mass is 10.2. The average molecular weight is 405 g/mol. The van der Waals surface area contributed by atoms with Gasteiger partial charge in [-0.2, -0.15) is 5.10 Å². The van der Waals surface area contributed by atoms with Gasteiger partial charge in [-0.15, -0.1) is 0 Å². The molecule has 1 aromatic carbocycles. The zero-order valence-corrected chi connectivity index (χ0v) is 17.4. The lowest BCUT2D eigenvalue weighted by molar-refractivity contribution is -0.139. The first-order valence-corrected chi connectivity index (χ1v) is 9.33. The molecule has 0 radical (unpaired) electrons. The number of aromatic nitrogens is 1. The third kappa shape index (κ3) is 4.92. The van der Waals surface area contributed by atoms with Crippen LogP contribution in [0.15, 0.2) is 29.4 Å². The number of ether oxygens (including phenoxy) is 1. The Balaban J connectivity index is 2.15. The van der Waals surface area contributed by atoms with E-state index in [4.69, 9.17) is 16.3 Å². The first-order chi connectivity index (χ1) is 13.3.